The van der Waals surface area contributed by atoms with Crippen LogP contribution in [0.2, 0.25) is 0 Å². The molecule has 5 nitrogen and oxygen atoms in total. The van der Waals surface area contributed by atoms with Crippen LogP contribution < -0.4 is 0 Å². The van der Waals surface area contributed by atoms with Gasteiger partial charge in [-0.15, -0.1) is 0 Å². The van der Waals surface area contributed by atoms with Crippen molar-refractivity contribution in [1.82, 2.24) is 0 Å². The third kappa shape index (κ3) is 6.90. The summed E-state index contributed by atoms with van der Waals surface area (Å²) in [6, 6.07) is 0. The van der Waals surface area contributed by atoms with E-state index < -0.39 is 30.5 Å². The van der Waals surface area contributed by atoms with Crippen molar-refractivity contribution in [2.75, 3.05) is 19.8 Å². The molecule has 0 saturated carbocycles. The standard InChI is InChI=1S/C17H32O5/c1-2-3-4-5-6-7-8-9-10-11-15(12-18)17(13-19,14-20)16(21)22/h5-6,15,18-20H,2-4,7-14H2,1H3,(H,21,22). The zero-order valence-corrected chi connectivity index (χ0v) is 13.7. The SMILES string of the molecule is CCCCC=CCCCCCC(CO)C(CO)(CO)C(=O)O. The Morgan fingerprint density at radius 3 is 2.05 bits per heavy atom. The summed E-state index contributed by atoms with van der Waals surface area (Å²) >= 11 is 0. The van der Waals surface area contributed by atoms with E-state index in [0.29, 0.717) is 6.42 Å². The molecule has 0 rings (SSSR count). The molecular weight excluding hydrogens is 284 g/mol. The van der Waals surface area contributed by atoms with Crippen molar-refractivity contribution in [1.29, 1.82) is 0 Å². The van der Waals surface area contributed by atoms with Gasteiger partial charge in [0.15, 0.2) is 0 Å². The van der Waals surface area contributed by atoms with Gasteiger partial charge in [0.1, 0.15) is 5.41 Å². The van der Waals surface area contributed by atoms with Crippen LogP contribution in [0.3, 0.4) is 0 Å². The van der Waals surface area contributed by atoms with Crippen molar-refractivity contribution >= 4 is 5.97 Å². The monoisotopic (exact) mass is 316 g/mol. The van der Waals surface area contributed by atoms with Crippen LogP contribution in [0.25, 0.3) is 0 Å². The molecule has 0 aromatic carbocycles. The molecule has 1 atom stereocenters. The van der Waals surface area contributed by atoms with Gasteiger partial charge in [-0.2, -0.15) is 0 Å². The van der Waals surface area contributed by atoms with E-state index in [1.165, 1.54) is 12.8 Å². The number of hydrogen-bond donors (Lipinski definition) is 4. The summed E-state index contributed by atoms with van der Waals surface area (Å²) < 4.78 is 0. The zero-order valence-electron chi connectivity index (χ0n) is 13.7. The molecule has 4 N–H and O–H groups in total. The predicted octanol–water partition coefficient (Wildman–Crippen LogP) is 2.35. The number of carbonyl (C=O) groups is 1. The lowest BCUT2D eigenvalue weighted by Crippen LogP contribution is -2.46. The number of carboxylic acid groups (broad SMARTS) is 1. The minimum atomic E-state index is -1.64. The molecule has 0 fully saturated rings. The highest BCUT2D eigenvalue weighted by Gasteiger charge is 2.44. The van der Waals surface area contributed by atoms with Crippen molar-refractivity contribution in [3.8, 4) is 0 Å². The van der Waals surface area contributed by atoms with Crippen molar-refractivity contribution in [2.45, 2.75) is 58.3 Å². The lowest BCUT2D eigenvalue weighted by Gasteiger charge is -2.32. The molecular formula is C17H32O5. The maximum Gasteiger partial charge on any atom is 0.314 e. The zero-order chi connectivity index (χ0) is 16.8. The van der Waals surface area contributed by atoms with Crippen molar-refractivity contribution in [2.24, 2.45) is 11.3 Å². The van der Waals surface area contributed by atoms with Gasteiger partial charge in [0.05, 0.1) is 13.2 Å². The van der Waals surface area contributed by atoms with E-state index in [1.807, 2.05) is 0 Å². The Hall–Kier alpha value is -0.910. The maximum absolute atomic E-state index is 11.3. The van der Waals surface area contributed by atoms with E-state index in [2.05, 4.69) is 19.1 Å². The number of allylic oxidation sites excluding steroid dienone is 2. The fourth-order valence-corrected chi connectivity index (χ4v) is 2.55. The lowest BCUT2D eigenvalue weighted by atomic mass is 9.74. The van der Waals surface area contributed by atoms with Gasteiger partial charge < -0.3 is 20.4 Å². The minimum Gasteiger partial charge on any atom is -0.481 e. The topological polar surface area (TPSA) is 98.0 Å². The molecule has 22 heavy (non-hydrogen) atoms. The van der Waals surface area contributed by atoms with Gasteiger partial charge in [-0.1, -0.05) is 44.8 Å². The number of aliphatic hydroxyl groups excluding tert-OH is 3. The quantitative estimate of drug-likeness (QED) is 0.291. The highest BCUT2D eigenvalue weighted by atomic mass is 16.4. The van der Waals surface area contributed by atoms with Gasteiger partial charge in [0.25, 0.3) is 0 Å². The van der Waals surface area contributed by atoms with Crippen LogP contribution >= 0.6 is 0 Å². The molecule has 0 spiro atoms. The van der Waals surface area contributed by atoms with E-state index in [0.717, 1.165) is 32.1 Å². The van der Waals surface area contributed by atoms with Crippen LogP contribution in [0.5, 0.6) is 0 Å². The average Bonchev–Trinajstić information content (AvgIpc) is 2.52. The summed E-state index contributed by atoms with van der Waals surface area (Å²) in [5.41, 5.74) is -1.64. The fraction of sp³-hybridized carbons (Fsp3) is 0.824. The first kappa shape index (κ1) is 21.1. The number of aliphatic carboxylic acids is 1. The van der Waals surface area contributed by atoms with Gasteiger partial charge in [0, 0.05) is 12.5 Å². The molecule has 0 radical (unpaired) electrons. The third-order valence-corrected chi connectivity index (χ3v) is 4.31. The van der Waals surface area contributed by atoms with E-state index in [4.69, 9.17) is 0 Å². The molecule has 0 aliphatic heterocycles. The van der Waals surface area contributed by atoms with Gasteiger partial charge >= 0.3 is 5.97 Å². The summed E-state index contributed by atoms with van der Waals surface area (Å²) in [5, 5.41) is 37.3. The van der Waals surface area contributed by atoms with Gasteiger partial charge in [0.2, 0.25) is 0 Å². The molecule has 0 heterocycles. The summed E-state index contributed by atoms with van der Waals surface area (Å²) in [4.78, 5) is 11.3. The Kier molecular flexibility index (Phi) is 12.1. The molecule has 1 unspecified atom stereocenters. The fourth-order valence-electron chi connectivity index (χ4n) is 2.55. The average molecular weight is 316 g/mol. The summed E-state index contributed by atoms with van der Waals surface area (Å²) in [6.07, 6.45) is 12.2. The number of hydrogen-bond acceptors (Lipinski definition) is 4. The summed E-state index contributed by atoms with van der Waals surface area (Å²) in [5.74, 6) is -1.88. The largest absolute Gasteiger partial charge is 0.481 e. The molecule has 0 aromatic rings. The Morgan fingerprint density at radius 2 is 1.59 bits per heavy atom. The van der Waals surface area contributed by atoms with Crippen molar-refractivity contribution < 1.29 is 25.2 Å². The maximum atomic E-state index is 11.3. The van der Waals surface area contributed by atoms with Gasteiger partial charge in [-0.05, 0) is 25.7 Å². The van der Waals surface area contributed by atoms with Crippen LogP contribution in [-0.4, -0.2) is 46.2 Å². The molecule has 0 aliphatic carbocycles. The molecule has 0 aromatic heterocycles. The van der Waals surface area contributed by atoms with Crippen LogP contribution in [0, 0.1) is 11.3 Å². The van der Waals surface area contributed by atoms with E-state index in [1.54, 1.807) is 0 Å². The first-order valence-corrected chi connectivity index (χ1v) is 8.30. The molecule has 0 aliphatic rings. The Morgan fingerprint density at radius 1 is 1.00 bits per heavy atom. The number of unbranched alkanes of at least 4 members (excludes halogenated alkanes) is 5. The first-order valence-electron chi connectivity index (χ1n) is 8.30. The molecule has 130 valence electrons. The second-order valence-corrected chi connectivity index (χ2v) is 5.91. The van der Waals surface area contributed by atoms with E-state index >= 15 is 0 Å². The van der Waals surface area contributed by atoms with E-state index in [-0.39, 0.29) is 6.61 Å². The van der Waals surface area contributed by atoms with Crippen LogP contribution in [-0.2, 0) is 4.79 Å². The van der Waals surface area contributed by atoms with Crippen LogP contribution in [0.1, 0.15) is 58.3 Å². The van der Waals surface area contributed by atoms with Gasteiger partial charge in [-0.3, -0.25) is 4.79 Å². The Labute approximate surface area is 133 Å². The lowest BCUT2D eigenvalue weighted by molar-refractivity contribution is -0.162. The minimum absolute atomic E-state index is 0.343. The van der Waals surface area contributed by atoms with Crippen LogP contribution in [0.15, 0.2) is 12.2 Å². The smallest absolute Gasteiger partial charge is 0.314 e. The summed E-state index contributed by atoms with van der Waals surface area (Å²) in [7, 11) is 0. The Bertz CT molecular complexity index is 310. The van der Waals surface area contributed by atoms with E-state index in [9.17, 15) is 25.2 Å². The highest BCUT2D eigenvalue weighted by Crippen LogP contribution is 2.31. The second kappa shape index (κ2) is 12.6. The third-order valence-electron chi connectivity index (χ3n) is 4.31. The molecule has 0 bridgehead atoms. The Balaban J connectivity index is 4.09. The van der Waals surface area contributed by atoms with Crippen molar-refractivity contribution in [3.05, 3.63) is 12.2 Å². The number of rotatable bonds is 14. The number of carboxylic acids is 1. The first-order chi connectivity index (χ1) is 10.6. The normalized spacial score (nSPS) is 13.6. The van der Waals surface area contributed by atoms with Crippen LogP contribution in [0.4, 0.5) is 0 Å². The molecule has 5 heteroatoms. The van der Waals surface area contributed by atoms with Crippen molar-refractivity contribution in [3.63, 3.8) is 0 Å². The predicted molar refractivity (Wildman–Crippen MR) is 86.6 cm³/mol. The summed E-state index contributed by atoms with van der Waals surface area (Å²) in [6.45, 7) is 0.500. The molecule has 0 amide bonds. The molecule has 0 saturated heterocycles. The second-order valence-electron chi connectivity index (χ2n) is 5.91. The highest BCUT2D eigenvalue weighted by molar-refractivity contribution is 5.75. The van der Waals surface area contributed by atoms with Gasteiger partial charge in [-0.25, -0.2) is 0 Å². The number of aliphatic hydroxyl groups is 3.